The molecule has 152 valence electrons. The molecule has 0 saturated heterocycles. The molecule has 3 aromatic rings. The summed E-state index contributed by atoms with van der Waals surface area (Å²) in [6.45, 7) is 2.00. The number of hydrogen-bond acceptors (Lipinski definition) is 5. The quantitative estimate of drug-likeness (QED) is 0.644. The number of rotatable bonds is 7. The molecule has 6 nitrogen and oxygen atoms in total. The lowest BCUT2D eigenvalue weighted by Crippen LogP contribution is -2.30. The van der Waals surface area contributed by atoms with E-state index in [-0.39, 0.29) is 24.3 Å². The summed E-state index contributed by atoms with van der Waals surface area (Å²) in [5, 5.41) is 10.6. The van der Waals surface area contributed by atoms with Crippen molar-refractivity contribution in [3.05, 3.63) is 101 Å². The summed E-state index contributed by atoms with van der Waals surface area (Å²) in [6.07, 6.45) is 4.02. The number of benzene rings is 1. The molecule has 0 saturated carbocycles. The van der Waals surface area contributed by atoms with Gasteiger partial charge in [0.05, 0.1) is 5.57 Å². The van der Waals surface area contributed by atoms with Crippen molar-refractivity contribution in [2.45, 2.75) is 32.4 Å². The third-order valence-corrected chi connectivity index (χ3v) is 5.19. The van der Waals surface area contributed by atoms with Crippen LogP contribution in [-0.4, -0.2) is 26.7 Å². The van der Waals surface area contributed by atoms with Gasteiger partial charge in [-0.15, -0.1) is 0 Å². The van der Waals surface area contributed by atoms with Gasteiger partial charge in [-0.05, 0) is 42.7 Å². The first-order chi connectivity index (χ1) is 14.5. The summed E-state index contributed by atoms with van der Waals surface area (Å²) in [6, 6.07) is 16.0. The van der Waals surface area contributed by atoms with Crippen LogP contribution < -0.4 is 0 Å². The van der Waals surface area contributed by atoms with Crippen LogP contribution in [0.3, 0.4) is 0 Å². The first kappa shape index (κ1) is 19.6. The Labute approximate surface area is 174 Å². The van der Waals surface area contributed by atoms with E-state index in [4.69, 9.17) is 4.42 Å². The molecule has 1 aliphatic rings. The summed E-state index contributed by atoms with van der Waals surface area (Å²) in [4.78, 5) is 31.5. The van der Waals surface area contributed by atoms with Gasteiger partial charge in [-0.2, -0.15) is 0 Å². The lowest BCUT2D eigenvalue weighted by Gasteiger charge is -2.25. The van der Waals surface area contributed by atoms with E-state index in [0.717, 1.165) is 11.1 Å². The normalized spacial score (nSPS) is 16.4. The number of Topliss-reactive ketones (excluding diaryl/α,β-unsaturated/α-hetero) is 1. The highest BCUT2D eigenvalue weighted by Crippen LogP contribution is 2.40. The molecule has 1 atom stereocenters. The maximum Gasteiger partial charge on any atom is 0.290 e. The molecule has 1 N–H and O–H groups in total. The second kappa shape index (κ2) is 8.37. The summed E-state index contributed by atoms with van der Waals surface area (Å²) in [5.74, 6) is -0.229. The van der Waals surface area contributed by atoms with Crippen LogP contribution in [0.1, 0.15) is 35.1 Å². The number of nitrogens with zero attached hydrogens (tertiary/aromatic N) is 2. The number of pyridine rings is 1. The molecule has 4 rings (SSSR count). The van der Waals surface area contributed by atoms with E-state index < -0.39 is 17.7 Å². The summed E-state index contributed by atoms with van der Waals surface area (Å²) in [7, 11) is 0. The average molecular weight is 402 g/mol. The predicted octanol–water partition coefficient (Wildman–Crippen LogP) is 4.08. The first-order valence-corrected chi connectivity index (χ1v) is 9.81. The molecule has 30 heavy (non-hydrogen) atoms. The van der Waals surface area contributed by atoms with Gasteiger partial charge in [0.25, 0.3) is 5.91 Å². The van der Waals surface area contributed by atoms with Crippen molar-refractivity contribution in [3.63, 3.8) is 0 Å². The van der Waals surface area contributed by atoms with Gasteiger partial charge in [-0.1, -0.05) is 36.4 Å². The van der Waals surface area contributed by atoms with Crippen LogP contribution in [0.5, 0.6) is 0 Å². The number of hydrogen-bond donors (Lipinski definition) is 1. The van der Waals surface area contributed by atoms with Gasteiger partial charge in [-0.3, -0.25) is 14.6 Å². The van der Waals surface area contributed by atoms with Crippen molar-refractivity contribution in [2.75, 3.05) is 0 Å². The summed E-state index contributed by atoms with van der Waals surface area (Å²) < 4.78 is 5.77. The Morgan fingerprint density at radius 2 is 1.87 bits per heavy atom. The minimum Gasteiger partial charge on any atom is -0.503 e. The standard InChI is InChI=1S/C24H22N2O4/c1-16-9-12-20(30-16)22-21(19(27)11-10-17-6-3-2-4-7-17)23(28)24(29)26(22)15-18-8-5-13-25-14-18/h2-9,12-14,22,28H,10-11,15H2,1H3. The SMILES string of the molecule is Cc1ccc(C2C(C(=O)CCc3ccccc3)=C(O)C(=O)N2Cc2cccnc2)o1. The zero-order chi connectivity index (χ0) is 21.1. The zero-order valence-electron chi connectivity index (χ0n) is 16.6. The molecule has 2 aromatic heterocycles. The van der Waals surface area contributed by atoms with Crippen molar-refractivity contribution in [1.82, 2.24) is 9.88 Å². The number of carbonyl (C=O) groups excluding carboxylic acids is 2. The molecule has 1 amide bonds. The number of furan rings is 1. The second-order valence-corrected chi connectivity index (χ2v) is 7.32. The fraction of sp³-hybridized carbons (Fsp3) is 0.208. The molecule has 1 aromatic carbocycles. The Morgan fingerprint density at radius 1 is 1.10 bits per heavy atom. The van der Waals surface area contributed by atoms with Crippen molar-refractivity contribution < 1.29 is 19.1 Å². The molecular weight excluding hydrogens is 380 g/mol. The number of amides is 1. The third-order valence-electron chi connectivity index (χ3n) is 5.19. The van der Waals surface area contributed by atoms with E-state index >= 15 is 0 Å². The van der Waals surface area contributed by atoms with Crippen LogP contribution >= 0.6 is 0 Å². The molecule has 0 aliphatic carbocycles. The van der Waals surface area contributed by atoms with Crippen LogP contribution in [-0.2, 0) is 22.6 Å². The van der Waals surface area contributed by atoms with Gasteiger partial charge in [0.2, 0.25) is 0 Å². The van der Waals surface area contributed by atoms with Gasteiger partial charge in [0, 0.05) is 25.4 Å². The molecule has 0 radical (unpaired) electrons. The molecule has 6 heteroatoms. The number of aryl methyl sites for hydroxylation is 2. The monoisotopic (exact) mass is 402 g/mol. The lowest BCUT2D eigenvalue weighted by atomic mass is 9.96. The van der Waals surface area contributed by atoms with Crippen molar-refractivity contribution in [2.24, 2.45) is 0 Å². The van der Waals surface area contributed by atoms with Crippen LogP contribution in [0.25, 0.3) is 0 Å². The molecule has 3 heterocycles. The van der Waals surface area contributed by atoms with Crippen LogP contribution in [0.15, 0.2) is 82.7 Å². The highest BCUT2D eigenvalue weighted by Gasteiger charge is 2.44. The van der Waals surface area contributed by atoms with Gasteiger partial charge in [-0.25, -0.2) is 0 Å². The first-order valence-electron chi connectivity index (χ1n) is 9.81. The van der Waals surface area contributed by atoms with Crippen molar-refractivity contribution >= 4 is 11.7 Å². The highest BCUT2D eigenvalue weighted by atomic mass is 16.3. The van der Waals surface area contributed by atoms with Gasteiger partial charge in [0.15, 0.2) is 11.5 Å². The minimum absolute atomic E-state index is 0.0918. The lowest BCUT2D eigenvalue weighted by molar-refractivity contribution is -0.130. The Hall–Kier alpha value is -3.67. The van der Waals surface area contributed by atoms with E-state index in [1.165, 1.54) is 4.90 Å². The van der Waals surface area contributed by atoms with Gasteiger partial charge >= 0.3 is 0 Å². The maximum atomic E-state index is 13.1. The van der Waals surface area contributed by atoms with Gasteiger partial charge < -0.3 is 14.4 Å². The second-order valence-electron chi connectivity index (χ2n) is 7.32. The minimum atomic E-state index is -0.769. The number of aliphatic hydroxyl groups excluding tert-OH is 1. The third kappa shape index (κ3) is 3.89. The van der Waals surface area contributed by atoms with Crippen LogP contribution in [0.4, 0.5) is 0 Å². The maximum absolute atomic E-state index is 13.1. The van der Waals surface area contributed by atoms with Crippen LogP contribution in [0, 0.1) is 6.92 Å². The highest BCUT2D eigenvalue weighted by molar-refractivity contribution is 6.08. The summed E-state index contributed by atoms with van der Waals surface area (Å²) >= 11 is 0. The average Bonchev–Trinajstić information content (AvgIpc) is 3.30. The summed E-state index contributed by atoms with van der Waals surface area (Å²) in [5.41, 5.74) is 1.91. The zero-order valence-corrected chi connectivity index (χ0v) is 16.6. The molecule has 1 unspecified atom stereocenters. The number of aliphatic hydroxyl groups is 1. The molecule has 0 bridgehead atoms. The topological polar surface area (TPSA) is 83.6 Å². The van der Waals surface area contributed by atoms with Gasteiger partial charge in [0.1, 0.15) is 17.6 Å². The Kier molecular flexibility index (Phi) is 5.48. The molecule has 1 aliphatic heterocycles. The predicted molar refractivity (Wildman–Crippen MR) is 110 cm³/mol. The van der Waals surface area contributed by atoms with E-state index in [0.29, 0.717) is 17.9 Å². The fourth-order valence-electron chi connectivity index (χ4n) is 3.72. The van der Waals surface area contributed by atoms with E-state index in [2.05, 4.69) is 4.98 Å². The van der Waals surface area contributed by atoms with Crippen molar-refractivity contribution in [3.8, 4) is 0 Å². The smallest absolute Gasteiger partial charge is 0.290 e. The van der Waals surface area contributed by atoms with E-state index in [1.807, 2.05) is 36.4 Å². The molecule has 0 fully saturated rings. The van der Waals surface area contributed by atoms with E-state index in [1.54, 1.807) is 37.5 Å². The number of ketones is 1. The van der Waals surface area contributed by atoms with Crippen molar-refractivity contribution in [1.29, 1.82) is 0 Å². The number of aromatic nitrogens is 1. The molecule has 0 spiro atoms. The van der Waals surface area contributed by atoms with Crippen LogP contribution in [0.2, 0.25) is 0 Å². The number of carbonyl (C=O) groups is 2. The molecular formula is C24H22N2O4. The Bertz CT molecular complexity index is 1090. The van der Waals surface area contributed by atoms with E-state index in [9.17, 15) is 14.7 Å². The Balaban J connectivity index is 1.64. The fourth-order valence-corrected chi connectivity index (χ4v) is 3.72. The largest absolute Gasteiger partial charge is 0.503 e. The Morgan fingerprint density at radius 3 is 2.53 bits per heavy atom.